The first kappa shape index (κ1) is 14.4. The van der Waals surface area contributed by atoms with Gasteiger partial charge in [-0.3, -0.25) is 0 Å². The number of aromatic nitrogens is 3. The number of rotatable bonds is 6. The van der Waals surface area contributed by atoms with E-state index in [1.165, 1.54) is 11.8 Å². The third kappa shape index (κ3) is 4.56. The van der Waals surface area contributed by atoms with Crippen LogP contribution in [0, 0.1) is 0 Å². The van der Waals surface area contributed by atoms with Crippen molar-refractivity contribution in [2.45, 2.75) is 30.1 Å². The smallest absolute Gasteiger partial charge is 0.193 e. The zero-order valence-corrected chi connectivity index (χ0v) is 13.0. The Kier molecular flexibility index (Phi) is 5.75. The lowest BCUT2D eigenvalue weighted by Crippen LogP contribution is -2.14. The van der Waals surface area contributed by atoms with Gasteiger partial charge < -0.3 is 5.32 Å². The summed E-state index contributed by atoms with van der Waals surface area (Å²) in [6.45, 7) is 3.97. The fraction of sp³-hybridized carbons (Fsp3) is 0.308. The second-order valence-electron chi connectivity index (χ2n) is 3.94. The third-order valence-corrected chi connectivity index (χ3v) is 4.16. The van der Waals surface area contributed by atoms with Crippen LogP contribution in [0.1, 0.15) is 18.9 Å². The van der Waals surface area contributed by atoms with Gasteiger partial charge in [0, 0.05) is 30.7 Å². The molecule has 19 heavy (non-hydrogen) atoms. The molecule has 0 aliphatic heterocycles. The van der Waals surface area contributed by atoms with Gasteiger partial charge in [0.05, 0.1) is 4.47 Å². The molecule has 2 aromatic heterocycles. The van der Waals surface area contributed by atoms with Crippen LogP contribution in [0.2, 0.25) is 0 Å². The van der Waals surface area contributed by atoms with E-state index in [9.17, 15) is 0 Å². The molecular weight excluding hydrogens is 324 g/mol. The Morgan fingerprint density at radius 2 is 2.05 bits per heavy atom. The van der Waals surface area contributed by atoms with E-state index in [1.807, 2.05) is 24.5 Å². The lowest BCUT2D eigenvalue weighted by molar-refractivity contribution is 0.669. The standard InChI is InChI=1S/C13H15BrN4S/c1-2-5-15-7-10-8-17-13(18-9-10)19-12-11(14)4-3-6-16-12/h3-4,6,8-9,15H,2,5,7H2,1H3. The van der Waals surface area contributed by atoms with Gasteiger partial charge in [0.25, 0.3) is 0 Å². The van der Waals surface area contributed by atoms with Crippen molar-refractivity contribution in [2.75, 3.05) is 6.54 Å². The number of halogens is 1. The van der Waals surface area contributed by atoms with E-state index >= 15 is 0 Å². The first-order valence-corrected chi connectivity index (χ1v) is 7.70. The molecule has 0 atom stereocenters. The molecule has 2 heterocycles. The summed E-state index contributed by atoms with van der Waals surface area (Å²) in [5.41, 5.74) is 1.10. The largest absolute Gasteiger partial charge is 0.313 e. The fourth-order valence-electron chi connectivity index (χ4n) is 1.43. The molecule has 4 nitrogen and oxygen atoms in total. The average molecular weight is 339 g/mol. The van der Waals surface area contributed by atoms with Gasteiger partial charge in [0.1, 0.15) is 5.03 Å². The Bertz CT molecular complexity index is 518. The van der Waals surface area contributed by atoms with Crippen LogP contribution in [0.3, 0.4) is 0 Å². The number of nitrogens with one attached hydrogen (secondary N) is 1. The topological polar surface area (TPSA) is 50.7 Å². The van der Waals surface area contributed by atoms with Crippen molar-refractivity contribution in [2.24, 2.45) is 0 Å². The molecule has 0 saturated heterocycles. The van der Waals surface area contributed by atoms with E-state index in [0.29, 0.717) is 5.16 Å². The molecule has 6 heteroatoms. The first-order chi connectivity index (χ1) is 9.29. The SMILES string of the molecule is CCCNCc1cnc(Sc2ncccc2Br)nc1. The summed E-state index contributed by atoms with van der Waals surface area (Å²) in [6.07, 6.45) is 6.60. The molecule has 0 fully saturated rings. The van der Waals surface area contributed by atoms with Crippen molar-refractivity contribution in [3.8, 4) is 0 Å². The summed E-state index contributed by atoms with van der Waals surface area (Å²) in [4.78, 5) is 13.0. The van der Waals surface area contributed by atoms with E-state index in [1.54, 1.807) is 6.20 Å². The van der Waals surface area contributed by atoms with Crippen molar-refractivity contribution >= 4 is 27.7 Å². The molecule has 0 unspecified atom stereocenters. The number of hydrogen-bond donors (Lipinski definition) is 1. The first-order valence-electron chi connectivity index (χ1n) is 6.09. The van der Waals surface area contributed by atoms with Crippen molar-refractivity contribution < 1.29 is 0 Å². The molecular formula is C13H15BrN4S. The maximum atomic E-state index is 4.34. The summed E-state index contributed by atoms with van der Waals surface area (Å²) in [7, 11) is 0. The maximum absolute atomic E-state index is 4.34. The van der Waals surface area contributed by atoms with E-state index in [4.69, 9.17) is 0 Å². The number of pyridine rings is 1. The highest BCUT2D eigenvalue weighted by Gasteiger charge is 2.05. The zero-order chi connectivity index (χ0) is 13.5. The monoisotopic (exact) mass is 338 g/mol. The minimum absolute atomic E-state index is 0.707. The van der Waals surface area contributed by atoms with Gasteiger partial charge >= 0.3 is 0 Å². The lowest BCUT2D eigenvalue weighted by Gasteiger charge is -2.04. The average Bonchev–Trinajstić information content (AvgIpc) is 2.44. The minimum atomic E-state index is 0.707. The Labute approximate surface area is 125 Å². The maximum Gasteiger partial charge on any atom is 0.193 e. The van der Waals surface area contributed by atoms with Gasteiger partial charge in [-0.25, -0.2) is 15.0 Å². The molecule has 2 aromatic rings. The molecule has 100 valence electrons. The summed E-state index contributed by atoms with van der Waals surface area (Å²) < 4.78 is 0.956. The van der Waals surface area contributed by atoms with E-state index in [-0.39, 0.29) is 0 Å². The highest BCUT2D eigenvalue weighted by molar-refractivity contribution is 9.10. The summed E-state index contributed by atoms with van der Waals surface area (Å²) in [5.74, 6) is 0. The lowest BCUT2D eigenvalue weighted by atomic mass is 10.3. The molecule has 0 bridgehead atoms. The number of nitrogens with zero attached hydrogens (tertiary/aromatic N) is 3. The Hall–Kier alpha value is -0.980. The van der Waals surface area contributed by atoms with Crippen LogP contribution < -0.4 is 5.32 Å². The zero-order valence-electron chi connectivity index (χ0n) is 10.6. The van der Waals surface area contributed by atoms with E-state index < -0.39 is 0 Å². The van der Waals surface area contributed by atoms with Crippen LogP contribution in [0.5, 0.6) is 0 Å². The van der Waals surface area contributed by atoms with E-state index in [2.05, 4.69) is 43.1 Å². The summed E-state index contributed by atoms with van der Waals surface area (Å²) >= 11 is 4.91. The summed E-state index contributed by atoms with van der Waals surface area (Å²) in [5, 5.41) is 4.90. The Morgan fingerprint density at radius 1 is 1.26 bits per heavy atom. The minimum Gasteiger partial charge on any atom is -0.313 e. The quantitative estimate of drug-likeness (QED) is 0.647. The molecule has 0 amide bonds. The van der Waals surface area contributed by atoms with Crippen molar-refractivity contribution in [1.29, 1.82) is 0 Å². The second kappa shape index (κ2) is 7.57. The third-order valence-electron chi connectivity index (χ3n) is 2.35. The van der Waals surface area contributed by atoms with Gasteiger partial charge in [0.2, 0.25) is 0 Å². The van der Waals surface area contributed by atoms with Crippen molar-refractivity contribution in [1.82, 2.24) is 20.3 Å². The van der Waals surface area contributed by atoms with Crippen LogP contribution in [0.15, 0.2) is 45.4 Å². The van der Waals surface area contributed by atoms with Gasteiger partial charge in [-0.05, 0) is 52.8 Å². The molecule has 1 N–H and O–H groups in total. The Balaban J connectivity index is 1.97. The van der Waals surface area contributed by atoms with Crippen LogP contribution >= 0.6 is 27.7 Å². The highest BCUT2D eigenvalue weighted by Crippen LogP contribution is 2.28. The predicted octanol–water partition coefficient (Wildman–Crippen LogP) is 3.28. The molecule has 0 aromatic carbocycles. The summed E-state index contributed by atoms with van der Waals surface area (Å²) in [6, 6.07) is 3.84. The van der Waals surface area contributed by atoms with Crippen LogP contribution in [0.4, 0.5) is 0 Å². The molecule has 0 radical (unpaired) electrons. The fourth-order valence-corrected chi connectivity index (χ4v) is 2.59. The van der Waals surface area contributed by atoms with Crippen molar-refractivity contribution in [3.05, 3.63) is 40.8 Å². The van der Waals surface area contributed by atoms with Gasteiger partial charge in [-0.1, -0.05) is 6.92 Å². The normalized spacial score (nSPS) is 10.6. The van der Waals surface area contributed by atoms with Crippen molar-refractivity contribution in [3.63, 3.8) is 0 Å². The molecule has 2 rings (SSSR count). The number of hydrogen-bond acceptors (Lipinski definition) is 5. The van der Waals surface area contributed by atoms with Crippen LogP contribution in [-0.2, 0) is 6.54 Å². The molecule has 0 aliphatic carbocycles. The van der Waals surface area contributed by atoms with Gasteiger partial charge in [-0.15, -0.1) is 0 Å². The van der Waals surface area contributed by atoms with Crippen LogP contribution in [0.25, 0.3) is 0 Å². The molecule has 0 saturated carbocycles. The highest BCUT2D eigenvalue weighted by atomic mass is 79.9. The van der Waals surface area contributed by atoms with Gasteiger partial charge in [0.15, 0.2) is 5.16 Å². The second-order valence-corrected chi connectivity index (χ2v) is 5.75. The van der Waals surface area contributed by atoms with E-state index in [0.717, 1.165) is 34.6 Å². The molecule has 0 spiro atoms. The predicted molar refractivity (Wildman–Crippen MR) is 80.1 cm³/mol. The van der Waals surface area contributed by atoms with Gasteiger partial charge in [-0.2, -0.15) is 0 Å². The Morgan fingerprint density at radius 3 is 2.74 bits per heavy atom. The molecule has 0 aliphatic rings. The van der Waals surface area contributed by atoms with Crippen LogP contribution in [-0.4, -0.2) is 21.5 Å².